The zero-order valence-corrected chi connectivity index (χ0v) is 11.7. The lowest BCUT2D eigenvalue weighted by Crippen LogP contribution is -2.40. The topological polar surface area (TPSA) is 54.3 Å². The summed E-state index contributed by atoms with van der Waals surface area (Å²) in [4.78, 5) is 20.1. The lowest BCUT2D eigenvalue weighted by Gasteiger charge is -2.25. The lowest BCUT2D eigenvalue weighted by molar-refractivity contribution is -0.135. The van der Waals surface area contributed by atoms with Crippen molar-refractivity contribution in [3.63, 3.8) is 0 Å². The number of carbonyl (C=O) groups is 1. The molecule has 102 valence electrons. The Bertz CT molecular complexity index is 349. The molecule has 0 N–H and O–H groups in total. The molecule has 1 atom stereocenters. The Balaban J connectivity index is 2.49. The van der Waals surface area contributed by atoms with E-state index < -0.39 is 0 Å². The van der Waals surface area contributed by atoms with Gasteiger partial charge >= 0.3 is 0 Å². The van der Waals surface area contributed by atoms with Crippen molar-refractivity contribution in [2.45, 2.75) is 20.4 Å². The van der Waals surface area contributed by atoms with Gasteiger partial charge in [0, 0.05) is 19.6 Å². The van der Waals surface area contributed by atoms with Crippen LogP contribution in [-0.4, -0.2) is 64.2 Å². The second kappa shape index (κ2) is 7.10. The average molecular weight is 253 g/mol. The molecule has 0 saturated heterocycles. The molecule has 0 bridgehead atoms. The summed E-state index contributed by atoms with van der Waals surface area (Å²) in [6.45, 7) is 6.92. The van der Waals surface area contributed by atoms with E-state index in [1.54, 1.807) is 11.0 Å². The molecule has 0 saturated carbocycles. The zero-order chi connectivity index (χ0) is 13.5. The van der Waals surface area contributed by atoms with Gasteiger partial charge in [-0.3, -0.25) is 9.48 Å². The highest BCUT2D eigenvalue weighted by Gasteiger charge is 2.19. The Morgan fingerprint density at radius 1 is 1.39 bits per heavy atom. The first kappa shape index (κ1) is 14.6. The second-order valence-corrected chi connectivity index (χ2v) is 4.74. The van der Waals surface area contributed by atoms with Crippen molar-refractivity contribution < 1.29 is 4.79 Å². The summed E-state index contributed by atoms with van der Waals surface area (Å²) >= 11 is 0. The maximum atomic E-state index is 12.3. The molecule has 18 heavy (non-hydrogen) atoms. The highest BCUT2D eigenvalue weighted by atomic mass is 16.2. The number of nitrogens with zero attached hydrogens (tertiary/aromatic N) is 5. The predicted octanol–water partition coefficient (Wildman–Crippen LogP) is 0.324. The first-order valence-corrected chi connectivity index (χ1v) is 6.30. The fourth-order valence-electron chi connectivity index (χ4n) is 1.74. The van der Waals surface area contributed by atoms with E-state index in [4.69, 9.17) is 0 Å². The summed E-state index contributed by atoms with van der Waals surface area (Å²) in [5, 5.41) is 4.02. The molecule has 0 fully saturated rings. The number of carbonyl (C=O) groups excluding carboxylic acids is 1. The van der Waals surface area contributed by atoms with Gasteiger partial charge in [0.2, 0.25) is 5.91 Å². The Morgan fingerprint density at radius 3 is 2.61 bits per heavy atom. The van der Waals surface area contributed by atoms with Crippen molar-refractivity contribution >= 4 is 5.91 Å². The first-order valence-electron chi connectivity index (χ1n) is 6.30. The Kier molecular flexibility index (Phi) is 5.77. The van der Waals surface area contributed by atoms with E-state index in [0.29, 0.717) is 6.54 Å². The van der Waals surface area contributed by atoms with Crippen LogP contribution in [0.5, 0.6) is 0 Å². The molecule has 0 aromatic carbocycles. The zero-order valence-electron chi connectivity index (χ0n) is 11.7. The van der Waals surface area contributed by atoms with Crippen molar-refractivity contribution in [1.82, 2.24) is 24.6 Å². The van der Waals surface area contributed by atoms with Gasteiger partial charge in [0.15, 0.2) is 0 Å². The summed E-state index contributed by atoms with van der Waals surface area (Å²) in [6.07, 6.45) is 3.13. The molecule has 1 aromatic rings. The molecule has 0 aliphatic heterocycles. The van der Waals surface area contributed by atoms with Crippen LogP contribution in [0.1, 0.15) is 13.8 Å². The van der Waals surface area contributed by atoms with E-state index in [1.807, 2.05) is 32.8 Å². The fraction of sp³-hybridized carbons (Fsp3) is 0.750. The molecule has 1 unspecified atom stereocenters. The van der Waals surface area contributed by atoms with Gasteiger partial charge < -0.3 is 9.80 Å². The van der Waals surface area contributed by atoms with Crippen LogP contribution in [0.25, 0.3) is 0 Å². The van der Waals surface area contributed by atoms with Gasteiger partial charge in [0.25, 0.3) is 0 Å². The number of rotatable bonds is 7. The minimum atomic E-state index is -0.0752. The monoisotopic (exact) mass is 253 g/mol. The molecule has 1 heterocycles. The third-order valence-electron chi connectivity index (χ3n) is 2.86. The standard InChI is InChI=1S/C12H23N5O/c1-5-16(7-6-15(3)4)12(18)11(2)8-17-10-13-9-14-17/h9-11H,5-8H2,1-4H3. The van der Waals surface area contributed by atoms with E-state index in [2.05, 4.69) is 15.0 Å². The molecule has 6 nitrogen and oxygen atoms in total. The van der Waals surface area contributed by atoms with Gasteiger partial charge in [0.1, 0.15) is 12.7 Å². The van der Waals surface area contributed by atoms with Crippen molar-refractivity contribution in [2.75, 3.05) is 33.7 Å². The summed E-state index contributed by atoms with van der Waals surface area (Å²) in [5.41, 5.74) is 0. The van der Waals surface area contributed by atoms with Crippen LogP contribution in [-0.2, 0) is 11.3 Å². The minimum absolute atomic E-state index is 0.0752. The smallest absolute Gasteiger partial charge is 0.227 e. The van der Waals surface area contributed by atoms with Crippen molar-refractivity contribution in [1.29, 1.82) is 0 Å². The maximum absolute atomic E-state index is 12.3. The number of hydrogen-bond acceptors (Lipinski definition) is 4. The van der Waals surface area contributed by atoms with E-state index >= 15 is 0 Å². The minimum Gasteiger partial charge on any atom is -0.341 e. The average Bonchev–Trinajstić information content (AvgIpc) is 2.81. The van der Waals surface area contributed by atoms with Crippen molar-refractivity contribution in [2.24, 2.45) is 5.92 Å². The largest absolute Gasteiger partial charge is 0.341 e. The van der Waals surface area contributed by atoms with E-state index in [0.717, 1.165) is 19.6 Å². The molecule has 0 aliphatic rings. The van der Waals surface area contributed by atoms with Gasteiger partial charge in [-0.05, 0) is 21.0 Å². The van der Waals surface area contributed by atoms with Crippen molar-refractivity contribution in [3.8, 4) is 0 Å². The third-order valence-corrected chi connectivity index (χ3v) is 2.86. The number of aromatic nitrogens is 3. The molecular weight excluding hydrogens is 230 g/mol. The highest BCUT2D eigenvalue weighted by molar-refractivity contribution is 5.78. The molecule has 1 amide bonds. The number of hydrogen-bond donors (Lipinski definition) is 0. The van der Waals surface area contributed by atoms with Gasteiger partial charge in [-0.25, -0.2) is 4.98 Å². The van der Waals surface area contributed by atoms with Crippen LogP contribution >= 0.6 is 0 Å². The summed E-state index contributed by atoms with van der Waals surface area (Å²) in [7, 11) is 4.02. The van der Waals surface area contributed by atoms with Crippen LogP contribution in [0.2, 0.25) is 0 Å². The lowest BCUT2D eigenvalue weighted by atomic mass is 10.1. The molecule has 1 aromatic heterocycles. The van der Waals surface area contributed by atoms with Crippen LogP contribution in [0.4, 0.5) is 0 Å². The summed E-state index contributed by atoms with van der Waals surface area (Å²) in [5.74, 6) is 0.101. The number of amides is 1. The molecular formula is C12H23N5O. The molecule has 0 spiro atoms. The van der Waals surface area contributed by atoms with Crippen LogP contribution in [0.15, 0.2) is 12.7 Å². The number of likely N-dealkylation sites (N-methyl/N-ethyl adjacent to an activating group) is 2. The fourth-order valence-corrected chi connectivity index (χ4v) is 1.74. The van der Waals surface area contributed by atoms with Gasteiger partial charge in [-0.1, -0.05) is 6.92 Å². The predicted molar refractivity (Wildman–Crippen MR) is 70.0 cm³/mol. The molecule has 0 radical (unpaired) electrons. The van der Waals surface area contributed by atoms with Gasteiger partial charge in [0.05, 0.1) is 12.5 Å². The SMILES string of the molecule is CCN(CCN(C)C)C(=O)C(C)Cn1cncn1. The molecule has 0 aliphatic carbocycles. The summed E-state index contributed by atoms with van der Waals surface area (Å²) in [6, 6.07) is 0. The van der Waals surface area contributed by atoms with Gasteiger partial charge in [-0.15, -0.1) is 0 Å². The van der Waals surface area contributed by atoms with Crippen molar-refractivity contribution in [3.05, 3.63) is 12.7 Å². The van der Waals surface area contributed by atoms with Gasteiger partial charge in [-0.2, -0.15) is 5.10 Å². The highest BCUT2D eigenvalue weighted by Crippen LogP contribution is 2.05. The van der Waals surface area contributed by atoms with E-state index in [9.17, 15) is 4.79 Å². The molecule has 6 heteroatoms. The molecule has 1 rings (SSSR count). The van der Waals surface area contributed by atoms with Crippen LogP contribution in [0.3, 0.4) is 0 Å². The summed E-state index contributed by atoms with van der Waals surface area (Å²) < 4.78 is 1.70. The van der Waals surface area contributed by atoms with Crippen LogP contribution in [0, 0.1) is 5.92 Å². The Hall–Kier alpha value is -1.43. The first-order chi connectivity index (χ1) is 8.54. The quantitative estimate of drug-likeness (QED) is 0.702. The Morgan fingerprint density at radius 2 is 2.11 bits per heavy atom. The normalized spacial score (nSPS) is 12.7. The van der Waals surface area contributed by atoms with Crippen LogP contribution < -0.4 is 0 Å². The second-order valence-electron chi connectivity index (χ2n) is 4.74. The third kappa shape index (κ3) is 4.44. The van der Waals surface area contributed by atoms with E-state index in [1.165, 1.54) is 6.33 Å². The van der Waals surface area contributed by atoms with E-state index in [-0.39, 0.29) is 11.8 Å². The maximum Gasteiger partial charge on any atom is 0.227 e. The Labute approximate surface area is 109 Å².